The van der Waals surface area contributed by atoms with Gasteiger partial charge in [-0.25, -0.2) is 0 Å². The fraction of sp³-hybridized carbons (Fsp3) is 0.462. The van der Waals surface area contributed by atoms with E-state index < -0.39 is 0 Å². The number of nitrogens with two attached hydrogens (primary N) is 1. The third-order valence-corrected chi connectivity index (χ3v) is 3.00. The van der Waals surface area contributed by atoms with Crippen LogP contribution in [0.4, 0.5) is 5.69 Å². The molecule has 1 aromatic rings. The zero-order valence-corrected chi connectivity index (χ0v) is 11.3. The molecule has 0 radical (unpaired) electrons. The van der Waals surface area contributed by atoms with E-state index in [2.05, 4.69) is 5.32 Å². The van der Waals surface area contributed by atoms with Gasteiger partial charge in [0.2, 0.25) is 5.91 Å². The van der Waals surface area contributed by atoms with Gasteiger partial charge < -0.3 is 15.8 Å². The predicted octanol–water partition coefficient (Wildman–Crippen LogP) is 1.53. The molecule has 1 unspecified atom stereocenters. The quantitative estimate of drug-likeness (QED) is 0.819. The molecular weight excluding hydrogens is 252 g/mol. The van der Waals surface area contributed by atoms with Crippen molar-refractivity contribution in [3.05, 3.63) is 29.8 Å². The molecular formula is C13H19ClN2O2. The summed E-state index contributed by atoms with van der Waals surface area (Å²) in [5.74, 6) is 0.0303. The Morgan fingerprint density at radius 3 is 2.67 bits per heavy atom. The summed E-state index contributed by atoms with van der Waals surface area (Å²) in [7, 11) is 0. The highest BCUT2D eigenvalue weighted by molar-refractivity contribution is 5.85. The van der Waals surface area contributed by atoms with Crippen molar-refractivity contribution in [2.75, 3.05) is 18.9 Å². The molecule has 4 nitrogen and oxygen atoms in total. The molecule has 5 heteroatoms. The number of nitrogens with one attached hydrogen (secondary N) is 1. The molecule has 1 amide bonds. The van der Waals surface area contributed by atoms with Gasteiger partial charge in [-0.05, 0) is 31.0 Å². The summed E-state index contributed by atoms with van der Waals surface area (Å²) in [5, 5.41) is 3.02. The minimum Gasteiger partial charge on any atom is -0.399 e. The summed E-state index contributed by atoms with van der Waals surface area (Å²) in [6.45, 7) is 3.33. The summed E-state index contributed by atoms with van der Waals surface area (Å²) in [4.78, 5) is 11.9. The number of hydrogen-bond donors (Lipinski definition) is 2. The van der Waals surface area contributed by atoms with E-state index in [1.165, 1.54) is 0 Å². The second-order valence-corrected chi connectivity index (χ2v) is 4.83. The third-order valence-electron chi connectivity index (χ3n) is 3.00. The topological polar surface area (TPSA) is 64.4 Å². The van der Waals surface area contributed by atoms with Crippen molar-refractivity contribution in [2.45, 2.75) is 25.3 Å². The maximum Gasteiger partial charge on any atom is 0.224 e. The first kappa shape index (κ1) is 14.8. The normalized spacial score (nSPS) is 22.3. The van der Waals surface area contributed by atoms with E-state index in [0.717, 1.165) is 18.6 Å². The smallest absolute Gasteiger partial charge is 0.224 e. The lowest BCUT2D eigenvalue weighted by molar-refractivity contribution is -0.122. The molecule has 1 saturated heterocycles. The maximum atomic E-state index is 11.9. The van der Waals surface area contributed by atoms with E-state index in [-0.39, 0.29) is 23.9 Å². The highest BCUT2D eigenvalue weighted by Crippen LogP contribution is 2.17. The number of hydrogen-bond acceptors (Lipinski definition) is 3. The highest BCUT2D eigenvalue weighted by Gasteiger charge is 2.30. The second kappa shape index (κ2) is 6.07. The fourth-order valence-electron chi connectivity index (χ4n) is 1.97. The van der Waals surface area contributed by atoms with E-state index in [4.69, 9.17) is 10.5 Å². The number of halogens is 1. The zero-order chi connectivity index (χ0) is 12.3. The number of carbonyl (C=O) groups is 1. The molecule has 100 valence electrons. The number of rotatable bonds is 3. The van der Waals surface area contributed by atoms with E-state index in [1.54, 1.807) is 0 Å². The summed E-state index contributed by atoms with van der Waals surface area (Å²) in [6.07, 6.45) is 1.26. The van der Waals surface area contributed by atoms with E-state index in [0.29, 0.717) is 18.7 Å². The largest absolute Gasteiger partial charge is 0.399 e. The molecule has 0 aliphatic carbocycles. The standard InChI is InChI=1S/C13H18N2O2.ClH/c1-13(6-7-17-9-13)15-12(16)8-10-2-4-11(14)5-3-10;/h2-5H,6-9,14H2,1H3,(H,15,16);1H. The van der Waals surface area contributed by atoms with Crippen LogP contribution in [0.2, 0.25) is 0 Å². The van der Waals surface area contributed by atoms with Gasteiger partial charge in [-0.15, -0.1) is 12.4 Å². The SMILES string of the molecule is CC1(NC(=O)Cc2ccc(N)cc2)CCOC1.Cl. The van der Waals surface area contributed by atoms with Gasteiger partial charge in [0.25, 0.3) is 0 Å². The lowest BCUT2D eigenvalue weighted by atomic mass is 10.0. The lowest BCUT2D eigenvalue weighted by Crippen LogP contribution is -2.47. The number of amides is 1. The number of carbonyl (C=O) groups excluding carboxylic acids is 1. The van der Waals surface area contributed by atoms with Crippen LogP contribution in [-0.4, -0.2) is 24.7 Å². The Bertz CT molecular complexity index is 400. The van der Waals surface area contributed by atoms with Gasteiger partial charge in [-0.2, -0.15) is 0 Å². The van der Waals surface area contributed by atoms with Crippen molar-refractivity contribution in [1.82, 2.24) is 5.32 Å². The number of nitrogen functional groups attached to an aromatic ring is 1. The molecule has 1 aliphatic heterocycles. The van der Waals surface area contributed by atoms with Gasteiger partial charge in [0.1, 0.15) is 0 Å². The van der Waals surface area contributed by atoms with Crippen LogP contribution < -0.4 is 11.1 Å². The number of anilines is 1. The van der Waals surface area contributed by atoms with Gasteiger partial charge in [-0.3, -0.25) is 4.79 Å². The fourth-order valence-corrected chi connectivity index (χ4v) is 1.97. The van der Waals surface area contributed by atoms with Crippen LogP contribution in [0.25, 0.3) is 0 Å². The minimum absolute atomic E-state index is 0. The third kappa shape index (κ3) is 3.89. The van der Waals surface area contributed by atoms with Gasteiger partial charge >= 0.3 is 0 Å². The summed E-state index contributed by atoms with van der Waals surface area (Å²) in [6, 6.07) is 7.37. The Hall–Kier alpha value is -1.26. The Labute approximate surface area is 113 Å². The molecule has 1 fully saturated rings. The lowest BCUT2D eigenvalue weighted by Gasteiger charge is -2.23. The summed E-state index contributed by atoms with van der Waals surface area (Å²) < 4.78 is 5.30. The van der Waals surface area contributed by atoms with Crippen molar-refractivity contribution < 1.29 is 9.53 Å². The Morgan fingerprint density at radius 2 is 2.11 bits per heavy atom. The van der Waals surface area contributed by atoms with Crippen molar-refractivity contribution in [3.8, 4) is 0 Å². The molecule has 18 heavy (non-hydrogen) atoms. The molecule has 1 aliphatic rings. The molecule has 3 N–H and O–H groups in total. The average Bonchev–Trinajstić information content (AvgIpc) is 2.68. The van der Waals surface area contributed by atoms with Gasteiger partial charge in [-0.1, -0.05) is 12.1 Å². The molecule has 0 bridgehead atoms. The van der Waals surface area contributed by atoms with E-state index in [9.17, 15) is 4.79 Å². The van der Waals surface area contributed by atoms with Gasteiger partial charge in [0.15, 0.2) is 0 Å². The van der Waals surface area contributed by atoms with Crippen LogP contribution in [0, 0.1) is 0 Å². The highest BCUT2D eigenvalue weighted by atomic mass is 35.5. The molecule has 1 aromatic carbocycles. The molecule has 0 saturated carbocycles. The van der Waals surface area contributed by atoms with E-state index >= 15 is 0 Å². The van der Waals surface area contributed by atoms with Crippen LogP contribution >= 0.6 is 12.4 Å². The second-order valence-electron chi connectivity index (χ2n) is 4.83. The summed E-state index contributed by atoms with van der Waals surface area (Å²) >= 11 is 0. The molecule has 0 spiro atoms. The van der Waals surface area contributed by atoms with Crippen molar-refractivity contribution in [1.29, 1.82) is 0 Å². The van der Waals surface area contributed by atoms with Crippen LogP contribution in [0.5, 0.6) is 0 Å². The molecule has 1 atom stereocenters. The molecule has 2 rings (SSSR count). The van der Waals surface area contributed by atoms with E-state index in [1.807, 2.05) is 31.2 Å². The van der Waals surface area contributed by atoms with Crippen molar-refractivity contribution in [2.24, 2.45) is 0 Å². The number of ether oxygens (including phenoxy) is 1. The molecule has 1 heterocycles. The summed E-state index contributed by atoms with van der Waals surface area (Å²) in [5.41, 5.74) is 7.07. The van der Waals surface area contributed by atoms with Crippen molar-refractivity contribution in [3.63, 3.8) is 0 Å². The van der Waals surface area contributed by atoms with Crippen LogP contribution in [0.3, 0.4) is 0 Å². The van der Waals surface area contributed by atoms with Crippen molar-refractivity contribution >= 4 is 24.0 Å². The van der Waals surface area contributed by atoms with Gasteiger partial charge in [0, 0.05) is 12.3 Å². The average molecular weight is 271 g/mol. The first-order valence-electron chi connectivity index (χ1n) is 5.81. The zero-order valence-electron chi connectivity index (χ0n) is 10.4. The Balaban J connectivity index is 0.00000162. The Morgan fingerprint density at radius 1 is 1.44 bits per heavy atom. The van der Waals surface area contributed by atoms with Gasteiger partial charge in [0.05, 0.1) is 18.6 Å². The van der Waals surface area contributed by atoms with Crippen LogP contribution in [-0.2, 0) is 16.0 Å². The maximum absolute atomic E-state index is 11.9. The van der Waals surface area contributed by atoms with Crippen LogP contribution in [0.15, 0.2) is 24.3 Å². The minimum atomic E-state index is -0.203. The molecule has 0 aromatic heterocycles. The predicted molar refractivity (Wildman–Crippen MR) is 73.8 cm³/mol. The monoisotopic (exact) mass is 270 g/mol. The van der Waals surface area contributed by atoms with Crippen LogP contribution in [0.1, 0.15) is 18.9 Å². The first-order valence-corrected chi connectivity index (χ1v) is 5.81. The number of benzene rings is 1. The Kier molecular flexibility index (Phi) is 4.99. The first-order chi connectivity index (χ1) is 8.07.